The topological polar surface area (TPSA) is 57.9 Å². The molecule has 2 aromatic rings. The average Bonchev–Trinajstić information content (AvgIpc) is 2.67. The van der Waals surface area contributed by atoms with Crippen LogP contribution >= 0.6 is 11.6 Å². The van der Waals surface area contributed by atoms with Gasteiger partial charge in [-0.3, -0.25) is 9.69 Å². The highest BCUT2D eigenvalue weighted by Crippen LogP contribution is 2.33. The van der Waals surface area contributed by atoms with Gasteiger partial charge in [0.15, 0.2) is 0 Å². The molecule has 3 rings (SSSR count). The molecule has 1 aromatic carbocycles. The van der Waals surface area contributed by atoms with Crippen LogP contribution in [0.5, 0.6) is 5.75 Å². The fraction of sp³-hybridized carbons (Fsp3) is 0.476. The Labute approximate surface area is 170 Å². The highest BCUT2D eigenvalue weighted by molar-refractivity contribution is 6.30. The summed E-state index contributed by atoms with van der Waals surface area (Å²) in [7, 11) is 3.71. The first-order chi connectivity index (χ1) is 13.4. The van der Waals surface area contributed by atoms with Crippen LogP contribution in [0, 0.1) is 6.92 Å². The minimum Gasteiger partial charge on any atom is -0.507 e. The van der Waals surface area contributed by atoms with E-state index in [4.69, 9.17) is 16.3 Å². The van der Waals surface area contributed by atoms with E-state index in [9.17, 15) is 9.90 Å². The Morgan fingerprint density at radius 1 is 1.18 bits per heavy atom. The molecule has 1 aliphatic rings. The molecule has 0 radical (unpaired) electrons. The van der Waals surface area contributed by atoms with Gasteiger partial charge in [0.1, 0.15) is 5.75 Å². The highest BCUT2D eigenvalue weighted by atomic mass is 35.5. The molecule has 1 N–H and O–H groups in total. The van der Waals surface area contributed by atoms with Crippen molar-refractivity contribution in [1.82, 2.24) is 14.4 Å². The third-order valence-corrected chi connectivity index (χ3v) is 5.66. The zero-order valence-electron chi connectivity index (χ0n) is 16.7. The van der Waals surface area contributed by atoms with E-state index in [0.717, 1.165) is 37.4 Å². The van der Waals surface area contributed by atoms with Gasteiger partial charge >= 0.3 is 0 Å². The monoisotopic (exact) mass is 405 g/mol. The van der Waals surface area contributed by atoms with Gasteiger partial charge in [-0.2, -0.15) is 0 Å². The molecule has 1 saturated heterocycles. The van der Waals surface area contributed by atoms with E-state index in [-0.39, 0.29) is 17.4 Å². The number of ether oxygens (including phenoxy) is 1. The molecular weight excluding hydrogens is 378 g/mol. The number of hydrogen-bond donors (Lipinski definition) is 1. The highest BCUT2D eigenvalue weighted by Gasteiger charge is 2.30. The summed E-state index contributed by atoms with van der Waals surface area (Å²) in [5, 5.41) is 11.4. The molecular formula is C21H28ClN3O3. The molecule has 1 atom stereocenters. The SMILES string of the molecule is COCCn1c(C)cc(O)c([C@@H](c2ccc(Cl)cc2)N2CCN(C)CC2)c1=O. The van der Waals surface area contributed by atoms with Crippen LogP contribution < -0.4 is 5.56 Å². The molecule has 0 aliphatic carbocycles. The smallest absolute Gasteiger partial charge is 0.259 e. The van der Waals surface area contributed by atoms with E-state index >= 15 is 0 Å². The number of aromatic nitrogens is 1. The first-order valence-electron chi connectivity index (χ1n) is 9.52. The fourth-order valence-corrected chi connectivity index (χ4v) is 3.90. The van der Waals surface area contributed by atoms with Crippen LogP contribution in [0.25, 0.3) is 0 Å². The van der Waals surface area contributed by atoms with Gasteiger partial charge in [0, 0.05) is 50.6 Å². The Bertz CT molecular complexity index is 858. The summed E-state index contributed by atoms with van der Waals surface area (Å²) in [5.41, 5.74) is 1.90. The van der Waals surface area contributed by atoms with Gasteiger partial charge in [0.05, 0.1) is 18.2 Å². The van der Waals surface area contributed by atoms with Crippen molar-refractivity contribution in [3.05, 3.63) is 62.5 Å². The van der Waals surface area contributed by atoms with Crippen LogP contribution in [0.15, 0.2) is 35.1 Å². The van der Waals surface area contributed by atoms with Crippen molar-refractivity contribution in [2.75, 3.05) is 46.9 Å². The van der Waals surface area contributed by atoms with Gasteiger partial charge in [-0.1, -0.05) is 23.7 Å². The predicted molar refractivity (Wildman–Crippen MR) is 111 cm³/mol. The van der Waals surface area contributed by atoms with Gasteiger partial charge in [-0.25, -0.2) is 0 Å². The van der Waals surface area contributed by atoms with Crippen LogP contribution in [0.3, 0.4) is 0 Å². The van der Waals surface area contributed by atoms with Crippen molar-refractivity contribution >= 4 is 11.6 Å². The van der Waals surface area contributed by atoms with E-state index in [2.05, 4.69) is 16.8 Å². The fourth-order valence-electron chi connectivity index (χ4n) is 3.77. The summed E-state index contributed by atoms with van der Waals surface area (Å²) in [6.45, 7) is 6.16. The van der Waals surface area contributed by atoms with Crippen LogP contribution in [0.1, 0.15) is 22.9 Å². The predicted octanol–water partition coefficient (Wildman–Crippen LogP) is 2.50. The number of aromatic hydroxyl groups is 1. The van der Waals surface area contributed by atoms with Crippen molar-refractivity contribution in [3.8, 4) is 5.75 Å². The lowest BCUT2D eigenvalue weighted by Crippen LogP contribution is -2.47. The number of benzene rings is 1. The van der Waals surface area contributed by atoms with Crippen molar-refractivity contribution < 1.29 is 9.84 Å². The Hall–Kier alpha value is -1.86. The van der Waals surface area contributed by atoms with Gasteiger partial charge < -0.3 is 19.3 Å². The zero-order valence-corrected chi connectivity index (χ0v) is 17.4. The summed E-state index contributed by atoms with van der Waals surface area (Å²) >= 11 is 6.08. The molecule has 0 saturated carbocycles. The molecule has 1 aliphatic heterocycles. The van der Waals surface area contributed by atoms with Crippen LogP contribution in [-0.2, 0) is 11.3 Å². The summed E-state index contributed by atoms with van der Waals surface area (Å²) < 4.78 is 6.84. The summed E-state index contributed by atoms with van der Waals surface area (Å²) in [6, 6.07) is 8.87. The van der Waals surface area contributed by atoms with E-state index in [1.807, 2.05) is 31.2 Å². The molecule has 152 valence electrons. The number of pyridine rings is 1. The van der Waals surface area contributed by atoms with Crippen molar-refractivity contribution in [2.24, 2.45) is 0 Å². The lowest BCUT2D eigenvalue weighted by Gasteiger charge is -2.38. The minimum atomic E-state index is -0.326. The van der Waals surface area contributed by atoms with Gasteiger partial charge in [0.2, 0.25) is 0 Å². The Kier molecular flexibility index (Phi) is 6.78. The average molecular weight is 406 g/mol. The van der Waals surface area contributed by atoms with Gasteiger partial charge in [-0.15, -0.1) is 0 Å². The standard InChI is InChI=1S/C21H28ClN3O3/c1-15-14-18(26)19(21(27)25(15)12-13-28-3)20(16-4-6-17(22)7-5-16)24-10-8-23(2)9-11-24/h4-7,14,20,26H,8-13H2,1-3H3/t20-/m1/s1. The van der Waals surface area contributed by atoms with Crippen molar-refractivity contribution in [1.29, 1.82) is 0 Å². The lowest BCUT2D eigenvalue weighted by molar-refractivity contribution is 0.125. The number of hydrogen-bond acceptors (Lipinski definition) is 5. The molecule has 1 aromatic heterocycles. The molecule has 0 spiro atoms. The number of aryl methyl sites for hydroxylation is 1. The maximum absolute atomic E-state index is 13.4. The molecule has 0 bridgehead atoms. The lowest BCUT2D eigenvalue weighted by atomic mass is 9.96. The van der Waals surface area contributed by atoms with E-state index in [1.165, 1.54) is 0 Å². The molecule has 7 heteroatoms. The number of methoxy groups -OCH3 is 1. The Morgan fingerprint density at radius 2 is 1.82 bits per heavy atom. The second kappa shape index (κ2) is 9.09. The summed E-state index contributed by atoms with van der Waals surface area (Å²) in [5.74, 6) is 0.0371. The van der Waals surface area contributed by atoms with Gasteiger partial charge in [-0.05, 0) is 37.7 Å². The molecule has 6 nitrogen and oxygen atoms in total. The third kappa shape index (κ3) is 4.41. The number of nitrogens with zero attached hydrogens (tertiary/aromatic N) is 3. The molecule has 0 amide bonds. The molecule has 1 fully saturated rings. The second-order valence-corrected chi connectivity index (χ2v) is 7.76. The largest absolute Gasteiger partial charge is 0.507 e. The Morgan fingerprint density at radius 3 is 2.43 bits per heavy atom. The van der Waals surface area contributed by atoms with E-state index < -0.39 is 0 Å². The number of piperazine rings is 1. The van der Waals surface area contributed by atoms with Crippen LogP contribution in [0.4, 0.5) is 0 Å². The normalized spacial score (nSPS) is 17.0. The number of likely N-dealkylation sites (N-methyl/N-ethyl adjacent to an activating group) is 1. The second-order valence-electron chi connectivity index (χ2n) is 7.33. The summed E-state index contributed by atoms with van der Waals surface area (Å²) in [6.07, 6.45) is 0. The van der Waals surface area contributed by atoms with E-state index in [1.54, 1.807) is 17.7 Å². The third-order valence-electron chi connectivity index (χ3n) is 5.40. The first-order valence-corrected chi connectivity index (χ1v) is 9.90. The van der Waals surface area contributed by atoms with Crippen LogP contribution in [-0.4, -0.2) is 66.4 Å². The molecule has 2 heterocycles. The summed E-state index contributed by atoms with van der Waals surface area (Å²) in [4.78, 5) is 17.9. The molecule has 28 heavy (non-hydrogen) atoms. The number of halogens is 1. The minimum absolute atomic E-state index is 0.0371. The Balaban J connectivity index is 2.12. The first kappa shape index (κ1) is 20.9. The van der Waals surface area contributed by atoms with Gasteiger partial charge in [0.25, 0.3) is 5.56 Å². The van der Waals surface area contributed by atoms with Crippen molar-refractivity contribution in [3.63, 3.8) is 0 Å². The maximum atomic E-state index is 13.4. The van der Waals surface area contributed by atoms with E-state index in [0.29, 0.717) is 23.7 Å². The maximum Gasteiger partial charge on any atom is 0.259 e. The molecule has 0 unspecified atom stereocenters. The number of rotatable bonds is 6. The van der Waals surface area contributed by atoms with Crippen LogP contribution in [0.2, 0.25) is 5.02 Å². The quantitative estimate of drug-likeness (QED) is 0.800. The zero-order chi connectivity index (χ0) is 20.3. The van der Waals surface area contributed by atoms with Crippen molar-refractivity contribution in [2.45, 2.75) is 19.5 Å².